The second kappa shape index (κ2) is 6.34. The highest BCUT2D eigenvalue weighted by Crippen LogP contribution is 2.30. The number of aromatic nitrogens is 3. The molecule has 0 spiro atoms. The van der Waals surface area contributed by atoms with E-state index in [4.69, 9.17) is 16.7 Å². The Morgan fingerprint density at radius 2 is 1.76 bits per heavy atom. The molecular formula is C20H24ClN3O. The van der Waals surface area contributed by atoms with Crippen LogP contribution in [0.25, 0.3) is 16.9 Å². The first-order valence-electron chi connectivity index (χ1n) is 8.61. The zero-order chi connectivity index (χ0) is 18.5. The van der Waals surface area contributed by atoms with Crippen LogP contribution in [0.4, 0.5) is 0 Å². The second-order valence-corrected chi connectivity index (χ2v) is 7.65. The van der Waals surface area contributed by atoms with Crippen molar-refractivity contribution in [2.75, 3.05) is 0 Å². The minimum Gasteiger partial charge on any atom is -0.292 e. The molecule has 0 N–H and O–H groups in total. The lowest BCUT2D eigenvalue weighted by molar-refractivity contribution is 0.762. The first kappa shape index (κ1) is 17.7. The average molecular weight is 358 g/mol. The van der Waals surface area contributed by atoms with Crippen LogP contribution in [0.1, 0.15) is 56.4 Å². The van der Waals surface area contributed by atoms with E-state index in [2.05, 4.69) is 27.7 Å². The van der Waals surface area contributed by atoms with Gasteiger partial charge in [-0.05, 0) is 48.1 Å². The maximum absolute atomic E-state index is 13.0. The Balaban J connectivity index is 2.30. The minimum atomic E-state index is -0.0502. The van der Waals surface area contributed by atoms with Crippen molar-refractivity contribution in [1.29, 1.82) is 0 Å². The van der Waals surface area contributed by atoms with Gasteiger partial charge in [-0.25, -0.2) is 4.52 Å². The van der Waals surface area contributed by atoms with Crippen LogP contribution in [0, 0.1) is 6.92 Å². The van der Waals surface area contributed by atoms with E-state index in [1.54, 1.807) is 16.1 Å². The van der Waals surface area contributed by atoms with Crippen LogP contribution in [0.15, 0.2) is 29.1 Å². The summed E-state index contributed by atoms with van der Waals surface area (Å²) in [6.07, 6.45) is 0. The van der Waals surface area contributed by atoms with Crippen LogP contribution in [0.3, 0.4) is 0 Å². The zero-order valence-electron chi connectivity index (χ0n) is 15.6. The lowest BCUT2D eigenvalue weighted by atomic mass is 10.0. The predicted octanol–water partition coefficient (Wildman–Crippen LogP) is 4.91. The lowest BCUT2D eigenvalue weighted by Gasteiger charge is -2.13. The number of fused-ring (bicyclic) bond motifs is 1. The van der Waals surface area contributed by atoms with Gasteiger partial charge in [-0.15, -0.1) is 5.10 Å². The molecule has 5 heteroatoms. The number of rotatable bonds is 3. The molecule has 0 aliphatic rings. The van der Waals surface area contributed by atoms with Crippen molar-refractivity contribution < 1.29 is 0 Å². The van der Waals surface area contributed by atoms with Crippen LogP contribution in [-0.4, -0.2) is 14.2 Å². The largest absolute Gasteiger partial charge is 0.292 e. The summed E-state index contributed by atoms with van der Waals surface area (Å²) in [6, 6.07) is 8.00. The van der Waals surface area contributed by atoms with Gasteiger partial charge in [0, 0.05) is 18.3 Å². The van der Waals surface area contributed by atoms with Gasteiger partial charge in [-0.2, -0.15) is 0 Å². The molecule has 0 fully saturated rings. The van der Waals surface area contributed by atoms with E-state index in [1.807, 2.05) is 31.2 Å². The molecule has 3 rings (SSSR count). The van der Waals surface area contributed by atoms with Gasteiger partial charge in [0.1, 0.15) is 5.52 Å². The van der Waals surface area contributed by atoms with Crippen molar-refractivity contribution in [3.8, 4) is 11.4 Å². The normalized spacial score (nSPS) is 11.9. The minimum absolute atomic E-state index is 0.0502. The third kappa shape index (κ3) is 2.89. The summed E-state index contributed by atoms with van der Waals surface area (Å²) in [7, 11) is 1.75. The number of hydrogen-bond acceptors (Lipinski definition) is 2. The van der Waals surface area contributed by atoms with E-state index in [-0.39, 0.29) is 11.5 Å². The molecule has 0 atom stereocenters. The molecule has 0 bridgehead atoms. The summed E-state index contributed by atoms with van der Waals surface area (Å²) in [5.41, 5.74) is 4.51. The van der Waals surface area contributed by atoms with E-state index in [0.29, 0.717) is 22.3 Å². The van der Waals surface area contributed by atoms with Crippen LogP contribution in [0.2, 0.25) is 5.02 Å². The van der Waals surface area contributed by atoms with Crippen molar-refractivity contribution in [3.63, 3.8) is 0 Å². The highest BCUT2D eigenvalue weighted by atomic mass is 35.5. The fraction of sp³-hybridized carbons (Fsp3) is 0.400. The molecule has 4 nitrogen and oxygen atoms in total. The van der Waals surface area contributed by atoms with Crippen LogP contribution >= 0.6 is 11.6 Å². The van der Waals surface area contributed by atoms with Crippen LogP contribution in [0.5, 0.6) is 0 Å². The lowest BCUT2D eigenvalue weighted by Crippen LogP contribution is -2.24. The monoisotopic (exact) mass is 357 g/mol. The van der Waals surface area contributed by atoms with E-state index in [1.165, 1.54) is 5.56 Å². The molecule has 2 aromatic heterocycles. The Labute approximate surface area is 153 Å². The summed E-state index contributed by atoms with van der Waals surface area (Å²) in [5, 5.41) is 5.35. The molecule has 132 valence electrons. The van der Waals surface area contributed by atoms with Gasteiger partial charge in [0.25, 0.3) is 5.56 Å². The summed E-state index contributed by atoms with van der Waals surface area (Å²) in [6.45, 7) is 10.4. The number of hydrogen-bond donors (Lipinski definition) is 0. The maximum atomic E-state index is 13.0. The van der Waals surface area contributed by atoms with E-state index in [0.717, 1.165) is 16.8 Å². The summed E-state index contributed by atoms with van der Waals surface area (Å²) < 4.78 is 3.34. The molecule has 0 aliphatic heterocycles. The highest BCUT2D eigenvalue weighted by Gasteiger charge is 2.19. The molecule has 0 saturated carbocycles. The van der Waals surface area contributed by atoms with Gasteiger partial charge in [-0.3, -0.25) is 9.36 Å². The van der Waals surface area contributed by atoms with Gasteiger partial charge in [-0.1, -0.05) is 45.4 Å². The smallest absolute Gasteiger partial charge is 0.278 e. The van der Waals surface area contributed by atoms with Crippen LogP contribution < -0.4 is 5.56 Å². The molecule has 25 heavy (non-hydrogen) atoms. The summed E-state index contributed by atoms with van der Waals surface area (Å²) >= 11 is 6.51. The molecule has 0 radical (unpaired) electrons. The van der Waals surface area contributed by atoms with E-state index in [9.17, 15) is 4.79 Å². The fourth-order valence-electron chi connectivity index (χ4n) is 3.16. The van der Waals surface area contributed by atoms with Crippen LogP contribution in [-0.2, 0) is 7.05 Å². The molecular weight excluding hydrogens is 334 g/mol. The number of benzene rings is 1. The van der Waals surface area contributed by atoms with Crippen molar-refractivity contribution in [1.82, 2.24) is 14.2 Å². The zero-order valence-corrected chi connectivity index (χ0v) is 16.3. The SMILES string of the molecule is Cc1cc(C(C)C)c2c(=O)n(C)c(-c3ccc(C(C)C)cc3Cl)nn12. The average Bonchev–Trinajstić information content (AvgIpc) is 2.88. The standard InChI is InChI=1S/C20H24ClN3O/c1-11(2)14-7-8-15(17(21)10-14)19-22-24-13(5)9-16(12(3)4)18(24)20(25)23(19)6/h7-12H,1-6H3. The van der Waals surface area contributed by atoms with E-state index < -0.39 is 0 Å². The van der Waals surface area contributed by atoms with Gasteiger partial charge < -0.3 is 0 Å². The topological polar surface area (TPSA) is 39.3 Å². The number of aryl methyl sites for hydroxylation is 1. The van der Waals surface area contributed by atoms with Crippen molar-refractivity contribution in [2.24, 2.45) is 7.05 Å². The maximum Gasteiger partial charge on any atom is 0.278 e. The Hall–Kier alpha value is -2.07. The highest BCUT2D eigenvalue weighted by molar-refractivity contribution is 6.33. The van der Waals surface area contributed by atoms with Crippen molar-refractivity contribution in [3.05, 3.63) is 56.5 Å². The first-order valence-corrected chi connectivity index (χ1v) is 8.99. The van der Waals surface area contributed by atoms with Gasteiger partial charge in [0.05, 0.1) is 5.02 Å². The molecule has 1 aromatic carbocycles. The molecule has 3 aromatic rings. The molecule has 2 heterocycles. The molecule has 0 amide bonds. The Morgan fingerprint density at radius 3 is 2.32 bits per heavy atom. The third-order valence-corrected chi connectivity index (χ3v) is 5.04. The molecule has 0 aliphatic carbocycles. The summed E-state index contributed by atoms with van der Waals surface area (Å²) in [4.78, 5) is 13.0. The fourth-order valence-corrected chi connectivity index (χ4v) is 3.43. The van der Waals surface area contributed by atoms with Gasteiger partial charge >= 0.3 is 0 Å². The molecule has 0 unspecified atom stereocenters. The van der Waals surface area contributed by atoms with E-state index >= 15 is 0 Å². The quantitative estimate of drug-likeness (QED) is 0.668. The van der Waals surface area contributed by atoms with Gasteiger partial charge in [0.15, 0.2) is 5.82 Å². The Morgan fingerprint density at radius 1 is 1.08 bits per heavy atom. The van der Waals surface area contributed by atoms with Gasteiger partial charge in [0.2, 0.25) is 0 Å². The van der Waals surface area contributed by atoms with Crippen molar-refractivity contribution in [2.45, 2.75) is 46.5 Å². The van der Waals surface area contributed by atoms with Crippen molar-refractivity contribution >= 4 is 17.1 Å². The Bertz CT molecular complexity index is 1010. The predicted molar refractivity (Wildman–Crippen MR) is 104 cm³/mol. The number of nitrogens with zero attached hydrogens (tertiary/aromatic N) is 3. The molecule has 0 saturated heterocycles. The first-order chi connectivity index (χ1) is 11.7. The second-order valence-electron chi connectivity index (χ2n) is 7.24. The summed E-state index contributed by atoms with van der Waals surface area (Å²) in [5.74, 6) is 1.23. The third-order valence-electron chi connectivity index (χ3n) is 4.73. The number of halogens is 1. The Kier molecular flexibility index (Phi) is 4.50.